The lowest BCUT2D eigenvalue weighted by Crippen LogP contribution is -2.62. The molecule has 2 heterocycles. The van der Waals surface area contributed by atoms with Gasteiger partial charge in [-0.15, -0.1) is 0 Å². The number of aliphatic hydroxyl groups excluding tert-OH is 8. The zero-order valence-corrected chi connectivity index (χ0v) is 36.5. The van der Waals surface area contributed by atoms with Crippen LogP contribution in [0.15, 0.2) is 18.2 Å². The highest BCUT2D eigenvalue weighted by Gasteiger charge is 2.41. The highest BCUT2D eigenvalue weighted by Crippen LogP contribution is 2.26. The normalized spacial score (nSPS) is 24.9. The molecule has 21 heteroatoms. The van der Waals surface area contributed by atoms with Crippen molar-refractivity contribution >= 4 is 0 Å². The molecule has 0 aromatic heterocycles. The van der Waals surface area contributed by atoms with Gasteiger partial charge in [-0.1, -0.05) is 6.07 Å². The number of ether oxygens (including phenoxy) is 10. The maximum Gasteiger partial charge on any atom is 0.127 e. The molecule has 1 aromatic rings. The molecule has 0 saturated carbocycles. The van der Waals surface area contributed by atoms with Crippen LogP contribution in [0, 0.1) is 0 Å². The van der Waals surface area contributed by atoms with E-state index in [1.807, 2.05) is 18.2 Å². The van der Waals surface area contributed by atoms with E-state index in [0.717, 1.165) is 11.3 Å². The van der Waals surface area contributed by atoms with E-state index in [1.54, 1.807) is 24.0 Å². The lowest BCUT2D eigenvalue weighted by atomic mass is 9.94. The van der Waals surface area contributed by atoms with Crippen LogP contribution in [0.4, 0.5) is 0 Å². The number of β-amino-alcohol motifs (C(OH)–C–C–N with tert-alkyl or cyclic N) is 2. The van der Waals surface area contributed by atoms with Gasteiger partial charge in [-0.2, -0.15) is 0 Å². The molecule has 0 amide bonds. The predicted molar refractivity (Wildman–Crippen MR) is 222 cm³/mol. The van der Waals surface area contributed by atoms with Crippen molar-refractivity contribution in [2.24, 2.45) is 0 Å². The standard InChI is InChI=1S/C41H75N3O18/c1-53-32-4-3-31(37(25-32)54-2)26-42(5-9-55-13-17-59-21-23-61-19-15-57-11-7-43-27-35(47)40(51)38(49)33(43)29-45)6-10-56-14-18-60-22-24-62-20-16-58-12-8-44-28-36(48)41(52)39(50)34(44)30-46/h3-4,25,33-36,38-41,45-52H,5-24,26-30H2,1-2H3/t33-,34-,35-,36-,38-,39-,40-,41-/m0/s1. The summed E-state index contributed by atoms with van der Waals surface area (Å²) in [5.41, 5.74) is 1.01. The first-order valence-corrected chi connectivity index (χ1v) is 21.5. The average molecular weight is 898 g/mol. The number of methoxy groups -OCH3 is 2. The molecule has 3 rings (SSSR count). The minimum absolute atomic E-state index is 0.140. The number of rotatable bonds is 36. The predicted octanol–water partition coefficient (Wildman–Crippen LogP) is -3.84. The fourth-order valence-corrected chi connectivity index (χ4v) is 7.04. The number of nitrogens with zero attached hydrogens (tertiary/aromatic N) is 3. The summed E-state index contributed by atoms with van der Waals surface area (Å²) in [6.45, 7) is 8.65. The Hall–Kier alpha value is -1.94. The van der Waals surface area contributed by atoms with E-state index < -0.39 is 48.7 Å². The molecular weight excluding hydrogens is 822 g/mol. The Morgan fingerprint density at radius 1 is 0.500 bits per heavy atom. The second-order valence-electron chi connectivity index (χ2n) is 14.9. The quantitative estimate of drug-likeness (QED) is 0.0300. The second kappa shape index (κ2) is 32.7. The van der Waals surface area contributed by atoms with Crippen LogP contribution in [0.25, 0.3) is 0 Å². The average Bonchev–Trinajstić information content (AvgIpc) is 3.27. The van der Waals surface area contributed by atoms with Gasteiger partial charge in [-0.05, 0) is 6.07 Å². The van der Waals surface area contributed by atoms with Crippen LogP contribution in [0.3, 0.4) is 0 Å². The minimum atomic E-state index is -1.28. The Bertz CT molecular complexity index is 1200. The summed E-state index contributed by atoms with van der Waals surface area (Å²) < 4.78 is 56.2. The van der Waals surface area contributed by atoms with Crippen LogP contribution in [-0.4, -0.2) is 277 Å². The van der Waals surface area contributed by atoms with Crippen molar-refractivity contribution in [3.63, 3.8) is 0 Å². The molecule has 1 aromatic carbocycles. The van der Waals surface area contributed by atoms with Crippen molar-refractivity contribution in [1.82, 2.24) is 14.7 Å². The Kier molecular flexibility index (Phi) is 28.7. The summed E-state index contributed by atoms with van der Waals surface area (Å²) in [7, 11) is 3.25. The van der Waals surface area contributed by atoms with Gasteiger partial charge in [-0.25, -0.2) is 0 Å². The third kappa shape index (κ3) is 20.1. The molecule has 0 radical (unpaired) electrons. The fourth-order valence-electron chi connectivity index (χ4n) is 7.04. The maximum absolute atomic E-state index is 10.1. The van der Waals surface area contributed by atoms with Crippen molar-refractivity contribution in [2.75, 3.05) is 172 Å². The largest absolute Gasteiger partial charge is 0.497 e. The van der Waals surface area contributed by atoms with Gasteiger partial charge in [0.2, 0.25) is 0 Å². The van der Waals surface area contributed by atoms with E-state index in [-0.39, 0.29) is 26.3 Å². The first-order chi connectivity index (χ1) is 30.1. The van der Waals surface area contributed by atoms with Gasteiger partial charge in [0, 0.05) is 57.4 Å². The van der Waals surface area contributed by atoms with Crippen molar-refractivity contribution in [1.29, 1.82) is 0 Å². The van der Waals surface area contributed by atoms with Crippen LogP contribution in [0.2, 0.25) is 0 Å². The van der Waals surface area contributed by atoms with Gasteiger partial charge in [-0.3, -0.25) is 14.7 Å². The lowest BCUT2D eigenvalue weighted by molar-refractivity contribution is -0.147. The summed E-state index contributed by atoms with van der Waals surface area (Å²) in [4.78, 5) is 5.63. The topological polar surface area (TPSA) is 264 Å². The van der Waals surface area contributed by atoms with Crippen LogP contribution in [0.1, 0.15) is 5.56 Å². The maximum atomic E-state index is 10.1. The number of aliphatic hydroxyl groups is 8. The summed E-state index contributed by atoms with van der Waals surface area (Å²) >= 11 is 0. The van der Waals surface area contributed by atoms with Crippen LogP contribution < -0.4 is 9.47 Å². The van der Waals surface area contributed by atoms with Crippen molar-refractivity contribution < 1.29 is 88.2 Å². The molecule has 2 aliphatic heterocycles. The summed E-state index contributed by atoms with van der Waals surface area (Å²) in [5, 5.41) is 78.8. The zero-order valence-electron chi connectivity index (χ0n) is 36.5. The van der Waals surface area contributed by atoms with Crippen LogP contribution in [-0.2, 0) is 44.4 Å². The molecule has 2 aliphatic rings. The summed E-state index contributed by atoms with van der Waals surface area (Å²) in [6.07, 6.45) is -7.20. The molecule has 0 bridgehead atoms. The van der Waals surface area contributed by atoms with E-state index in [2.05, 4.69) is 4.90 Å². The molecular formula is C41H75N3O18. The summed E-state index contributed by atoms with van der Waals surface area (Å²) in [6, 6.07) is 4.43. The first-order valence-electron chi connectivity index (χ1n) is 21.5. The monoisotopic (exact) mass is 898 g/mol. The number of hydrogen-bond donors (Lipinski definition) is 8. The molecule has 21 nitrogen and oxygen atoms in total. The fraction of sp³-hybridized carbons (Fsp3) is 0.854. The highest BCUT2D eigenvalue weighted by molar-refractivity contribution is 5.40. The molecule has 62 heavy (non-hydrogen) atoms. The van der Waals surface area contributed by atoms with E-state index in [0.29, 0.717) is 144 Å². The number of hydrogen-bond acceptors (Lipinski definition) is 21. The SMILES string of the molecule is COc1ccc(CN(CCOCCOCCOCCOCCN2C[C@H](O)[C@H](O)[C@@H](O)[C@@H]2CO)CCOCCOCCOCCOCCN2C[C@H](O)[C@H](O)[C@@H](O)[C@@H]2CO)c(OC)c1. The van der Waals surface area contributed by atoms with Gasteiger partial charge >= 0.3 is 0 Å². The molecule has 2 fully saturated rings. The molecule has 8 atom stereocenters. The molecule has 8 N–H and O–H groups in total. The smallest absolute Gasteiger partial charge is 0.127 e. The Morgan fingerprint density at radius 2 is 0.871 bits per heavy atom. The van der Waals surface area contributed by atoms with Gasteiger partial charge in [0.05, 0.1) is 157 Å². The number of benzene rings is 1. The number of piperidine rings is 2. The van der Waals surface area contributed by atoms with Gasteiger partial charge in [0.1, 0.15) is 35.9 Å². The molecule has 0 unspecified atom stereocenters. The Morgan fingerprint density at radius 3 is 1.23 bits per heavy atom. The van der Waals surface area contributed by atoms with Crippen molar-refractivity contribution in [3.8, 4) is 11.5 Å². The molecule has 2 saturated heterocycles. The van der Waals surface area contributed by atoms with E-state index in [9.17, 15) is 40.9 Å². The highest BCUT2D eigenvalue weighted by atomic mass is 16.6. The second-order valence-corrected chi connectivity index (χ2v) is 14.9. The number of likely N-dealkylation sites (tertiary alicyclic amines) is 2. The molecule has 362 valence electrons. The van der Waals surface area contributed by atoms with Crippen molar-refractivity contribution in [3.05, 3.63) is 23.8 Å². The van der Waals surface area contributed by atoms with Crippen molar-refractivity contribution in [2.45, 2.75) is 55.3 Å². The third-order valence-electron chi connectivity index (χ3n) is 10.7. The van der Waals surface area contributed by atoms with E-state index >= 15 is 0 Å². The summed E-state index contributed by atoms with van der Waals surface area (Å²) in [5.74, 6) is 1.44. The van der Waals surface area contributed by atoms with E-state index in [1.165, 1.54) is 0 Å². The minimum Gasteiger partial charge on any atom is -0.497 e. The molecule has 0 aliphatic carbocycles. The van der Waals surface area contributed by atoms with Crippen LogP contribution in [0.5, 0.6) is 11.5 Å². The van der Waals surface area contributed by atoms with Crippen LogP contribution >= 0.6 is 0 Å². The first kappa shape index (κ1) is 54.4. The van der Waals surface area contributed by atoms with E-state index in [4.69, 9.17) is 47.4 Å². The zero-order chi connectivity index (χ0) is 45.0. The Labute approximate surface area is 365 Å². The van der Waals surface area contributed by atoms with Gasteiger partial charge in [0.15, 0.2) is 0 Å². The van der Waals surface area contributed by atoms with Gasteiger partial charge in [0.25, 0.3) is 0 Å². The third-order valence-corrected chi connectivity index (χ3v) is 10.7. The van der Waals surface area contributed by atoms with Gasteiger partial charge < -0.3 is 88.2 Å². The lowest BCUT2D eigenvalue weighted by Gasteiger charge is -2.43. The Balaban J connectivity index is 1.19. The molecule has 0 spiro atoms.